The average Bonchev–Trinajstić information content (AvgIpc) is 2.81. The molecule has 3 nitrogen and oxygen atoms in total. The first-order valence-corrected chi connectivity index (χ1v) is 6.19. The highest BCUT2D eigenvalue weighted by atomic mass is 35.5. The van der Waals surface area contributed by atoms with Crippen LogP contribution in [0.5, 0.6) is 5.75 Å². The van der Waals surface area contributed by atoms with Crippen LogP contribution in [0.2, 0.25) is 5.02 Å². The molecule has 0 N–H and O–H groups in total. The highest BCUT2D eigenvalue weighted by Crippen LogP contribution is 2.25. The maximum absolute atomic E-state index is 12.2. The number of hydrogen-bond donors (Lipinski definition) is 0. The number of pyridine rings is 1. The number of ether oxygens (including phenoxy) is 1. The van der Waals surface area contributed by atoms with Crippen LogP contribution >= 0.6 is 11.6 Å². The summed E-state index contributed by atoms with van der Waals surface area (Å²) in [6, 6.07) is 9.94. The number of imidazole rings is 1. The maximum atomic E-state index is 12.2. The molecule has 3 aromatic rings. The van der Waals surface area contributed by atoms with E-state index in [-0.39, 0.29) is 5.75 Å². The highest BCUT2D eigenvalue weighted by Gasteiger charge is 2.08. The van der Waals surface area contributed by atoms with Crippen molar-refractivity contribution in [3.63, 3.8) is 0 Å². The molecule has 20 heavy (non-hydrogen) atoms. The number of nitrogens with zero attached hydrogens (tertiary/aromatic N) is 2. The van der Waals surface area contributed by atoms with Gasteiger partial charge in [-0.05, 0) is 24.3 Å². The maximum Gasteiger partial charge on any atom is 0.387 e. The molecule has 0 fully saturated rings. The van der Waals surface area contributed by atoms with Gasteiger partial charge in [-0.1, -0.05) is 23.7 Å². The molecule has 2 aromatic heterocycles. The van der Waals surface area contributed by atoms with Crippen molar-refractivity contribution in [2.24, 2.45) is 0 Å². The molecule has 0 unspecified atom stereocenters. The van der Waals surface area contributed by atoms with E-state index >= 15 is 0 Å². The van der Waals surface area contributed by atoms with Crippen molar-refractivity contribution >= 4 is 17.2 Å². The lowest BCUT2D eigenvalue weighted by atomic mass is 10.1. The summed E-state index contributed by atoms with van der Waals surface area (Å²) in [4.78, 5) is 4.41. The second-order valence-corrected chi connectivity index (χ2v) is 4.58. The zero-order valence-electron chi connectivity index (χ0n) is 10.1. The van der Waals surface area contributed by atoms with Crippen LogP contribution in [0.4, 0.5) is 8.78 Å². The van der Waals surface area contributed by atoms with Crippen LogP contribution in [-0.4, -0.2) is 16.0 Å². The second-order valence-electron chi connectivity index (χ2n) is 4.15. The van der Waals surface area contributed by atoms with Gasteiger partial charge in [0.15, 0.2) is 0 Å². The Morgan fingerprint density at radius 1 is 1.15 bits per heavy atom. The fourth-order valence-electron chi connectivity index (χ4n) is 1.94. The minimum atomic E-state index is -2.84. The van der Waals surface area contributed by atoms with Gasteiger partial charge in [-0.25, -0.2) is 4.98 Å². The van der Waals surface area contributed by atoms with Crippen LogP contribution in [0.25, 0.3) is 16.9 Å². The molecule has 0 saturated carbocycles. The topological polar surface area (TPSA) is 26.5 Å². The van der Waals surface area contributed by atoms with E-state index in [1.54, 1.807) is 41.1 Å². The largest absolute Gasteiger partial charge is 0.435 e. The molecule has 3 rings (SSSR count). The van der Waals surface area contributed by atoms with Crippen molar-refractivity contribution in [1.29, 1.82) is 0 Å². The Morgan fingerprint density at radius 2 is 2.00 bits per heavy atom. The number of rotatable bonds is 3. The van der Waals surface area contributed by atoms with Crippen molar-refractivity contribution < 1.29 is 13.5 Å². The Hall–Kier alpha value is -2.14. The smallest absolute Gasteiger partial charge is 0.387 e. The van der Waals surface area contributed by atoms with Crippen LogP contribution in [0.3, 0.4) is 0 Å². The van der Waals surface area contributed by atoms with Gasteiger partial charge in [0.25, 0.3) is 0 Å². The Morgan fingerprint density at radius 3 is 2.80 bits per heavy atom. The molecule has 0 aliphatic heterocycles. The second kappa shape index (κ2) is 5.09. The first kappa shape index (κ1) is 12.9. The summed E-state index contributed by atoms with van der Waals surface area (Å²) in [6.45, 7) is -2.84. The summed E-state index contributed by atoms with van der Waals surface area (Å²) in [7, 11) is 0. The quantitative estimate of drug-likeness (QED) is 0.721. The number of aromatic nitrogens is 2. The van der Waals surface area contributed by atoms with Crippen LogP contribution in [0, 0.1) is 0 Å². The van der Waals surface area contributed by atoms with Gasteiger partial charge in [0.2, 0.25) is 0 Å². The average molecular weight is 295 g/mol. The molecular weight excluding hydrogens is 286 g/mol. The summed E-state index contributed by atoms with van der Waals surface area (Å²) < 4.78 is 30.6. The third-order valence-corrected chi connectivity index (χ3v) is 2.99. The molecule has 0 amide bonds. The van der Waals surface area contributed by atoms with Crippen LogP contribution in [0.15, 0.2) is 48.8 Å². The van der Waals surface area contributed by atoms with Crippen molar-refractivity contribution in [2.45, 2.75) is 6.61 Å². The van der Waals surface area contributed by atoms with Crippen LogP contribution in [0.1, 0.15) is 0 Å². The molecule has 0 radical (unpaired) electrons. The molecule has 1 aromatic carbocycles. The Bertz CT molecular complexity index is 758. The molecule has 6 heteroatoms. The van der Waals surface area contributed by atoms with E-state index in [1.807, 2.05) is 0 Å². The Balaban J connectivity index is 2.01. The third kappa shape index (κ3) is 2.58. The summed E-state index contributed by atoms with van der Waals surface area (Å²) >= 11 is 5.90. The lowest BCUT2D eigenvalue weighted by Crippen LogP contribution is -2.01. The summed E-state index contributed by atoms with van der Waals surface area (Å²) in [5.74, 6) is 0.104. The van der Waals surface area contributed by atoms with Crippen molar-refractivity contribution in [2.75, 3.05) is 0 Å². The minimum absolute atomic E-state index is 0.104. The summed E-state index contributed by atoms with van der Waals surface area (Å²) in [5, 5.41) is 0.594. The Kier molecular flexibility index (Phi) is 3.28. The van der Waals surface area contributed by atoms with E-state index in [0.717, 1.165) is 5.65 Å². The number of benzene rings is 1. The van der Waals surface area contributed by atoms with Crippen molar-refractivity contribution in [3.8, 4) is 17.0 Å². The molecule has 0 atom stereocenters. The standard InChI is InChI=1S/C14H9ClF2N2O/c15-10-4-5-13-18-12(8-19(13)7-10)9-2-1-3-11(6-9)20-14(16)17/h1-8,14H. The van der Waals surface area contributed by atoms with Gasteiger partial charge in [-0.2, -0.15) is 8.78 Å². The van der Waals surface area contributed by atoms with Crippen molar-refractivity contribution in [3.05, 3.63) is 53.8 Å². The van der Waals surface area contributed by atoms with E-state index in [2.05, 4.69) is 9.72 Å². The molecule has 0 aliphatic carbocycles. The molecule has 0 bridgehead atoms. The Labute approximate surface area is 118 Å². The SMILES string of the molecule is FC(F)Oc1cccc(-c2cn3cc(Cl)ccc3n2)c1. The summed E-state index contributed by atoms with van der Waals surface area (Å²) in [6.07, 6.45) is 3.51. The van der Waals surface area contributed by atoms with Gasteiger partial charge < -0.3 is 9.14 Å². The molecule has 0 spiro atoms. The van der Waals surface area contributed by atoms with Crippen molar-refractivity contribution in [1.82, 2.24) is 9.38 Å². The first-order valence-electron chi connectivity index (χ1n) is 5.81. The number of fused-ring (bicyclic) bond motifs is 1. The lowest BCUT2D eigenvalue weighted by Gasteiger charge is -2.05. The molecule has 2 heterocycles. The van der Waals surface area contributed by atoms with Gasteiger partial charge in [0.1, 0.15) is 11.4 Å². The lowest BCUT2D eigenvalue weighted by molar-refractivity contribution is -0.0498. The number of hydrogen-bond acceptors (Lipinski definition) is 2. The van der Waals surface area contributed by atoms with E-state index < -0.39 is 6.61 Å². The predicted molar refractivity (Wildman–Crippen MR) is 72.3 cm³/mol. The molecule has 0 saturated heterocycles. The van der Waals surface area contributed by atoms with E-state index in [0.29, 0.717) is 16.3 Å². The third-order valence-electron chi connectivity index (χ3n) is 2.77. The predicted octanol–water partition coefficient (Wildman–Crippen LogP) is 4.26. The van der Waals surface area contributed by atoms with Gasteiger partial charge in [-0.3, -0.25) is 0 Å². The van der Waals surface area contributed by atoms with Gasteiger partial charge in [0.05, 0.1) is 10.7 Å². The minimum Gasteiger partial charge on any atom is -0.435 e. The number of alkyl halides is 2. The van der Waals surface area contributed by atoms with E-state index in [1.165, 1.54) is 12.1 Å². The fraction of sp³-hybridized carbons (Fsp3) is 0.0714. The zero-order chi connectivity index (χ0) is 14.1. The van der Waals surface area contributed by atoms with E-state index in [4.69, 9.17) is 11.6 Å². The molecule has 0 aliphatic rings. The zero-order valence-corrected chi connectivity index (χ0v) is 10.9. The van der Waals surface area contributed by atoms with Crippen LogP contribution < -0.4 is 4.74 Å². The molecular formula is C14H9ClF2N2O. The fourth-order valence-corrected chi connectivity index (χ4v) is 2.10. The molecule has 102 valence electrons. The number of halogens is 3. The van der Waals surface area contributed by atoms with Crippen LogP contribution in [-0.2, 0) is 0 Å². The normalized spacial score (nSPS) is 11.2. The van der Waals surface area contributed by atoms with E-state index in [9.17, 15) is 8.78 Å². The van der Waals surface area contributed by atoms with Gasteiger partial charge >= 0.3 is 6.61 Å². The van der Waals surface area contributed by atoms with Gasteiger partial charge in [0, 0.05) is 18.0 Å². The highest BCUT2D eigenvalue weighted by molar-refractivity contribution is 6.30. The summed E-state index contributed by atoms with van der Waals surface area (Å²) in [5.41, 5.74) is 2.08. The van der Waals surface area contributed by atoms with Gasteiger partial charge in [-0.15, -0.1) is 0 Å². The first-order chi connectivity index (χ1) is 9.61. The monoisotopic (exact) mass is 294 g/mol.